The van der Waals surface area contributed by atoms with E-state index in [0.717, 1.165) is 24.5 Å². The molecule has 0 saturated heterocycles. The lowest BCUT2D eigenvalue weighted by molar-refractivity contribution is 0.352. The Kier molecular flexibility index (Phi) is 2.82. The molecular formula is C12H17NO2. The molecule has 3 heteroatoms. The number of methoxy groups -OCH3 is 2. The lowest BCUT2D eigenvalue weighted by Crippen LogP contribution is -2.32. The topological polar surface area (TPSA) is 30.5 Å². The van der Waals surface area contributed by atoms with Gasteiger partial charge >= 0.3 is 0 Å². The van der Waals surface area contributed by atoms with Gasteiger partial charge in [0.15, 0.2) is 11.5 Å². The van der Waals surface area contributed by atoms with Gasteiger partial charge in [-0.3, -0.25) is 0 Å². The number of ether oxygens (including phenoxy) is 2. The largest absolute Gasteiger partial charge is 0.493 e. The fourth-order valence-electron chi connectivity index (χ4n) is 2.00. The third-order valence-corrected chi connectivity index (χ3v) is 2.87. The highest BCUT2D eigenvalue weighted by Crippen LogP contribution is 2.32. The van der Waals surface area contributed by atoms with Crippen LogP contribution in [-0.4, -0.2) is 20.3 Å². The Hall–Kier alpha value is -1.22. The molecule has 0 saturated carbocycles. The molecule has 0 aromatic heterocycles. The summed E-state index contributed by atoms with van der Waals surface area (Å²) < 4.78 is 10.6. The van der Waals surface area contributed by atoms with Crippen LogP contribution in [0.1, 0.15) is 18.1 Å². The van der Waals surface area contributed by atoms with Crippen molar-refractivity contribution in [2.75, 3.05) is 14.2 Å². The number of hydrogen-bond acceptors (Lipinski definition) is 3. The van der Waals surface area contributed by atoms with E-state index in [-0.39, 0.29) is 0 Å². The van der Waals surface area contributed by atoms with Crippen molar-refractivity contribution in [3.63, 3.8) is 0 Å². The van der Waals surface area contributed by atoms with Gasteiger partial charge in [-0.1, -0.05) is 0 Å². The second kappa shape index (κ2) is 4.11. The van der Waals surface area contributed by atoms with E-state index >= 15 is 0 Å². The van der Waals surface area contributed by atoms with Gasteiger partial charge in [-0.05, 0) is 36.6 Å². The Morgan fingerprint density at radius 3 is 2.33 bits per heavy atom. The molecule has 3 nitrogen and oxygen atoms in total. The molecule has 0 amide bonds. The fourth-order valence-corrected chi connectivity index (χ4v) is 2.00. The lowest BCUT2D eigenvalue weighted by atomic mass is 9.96. The first-order valence-electron chi connectivity index (χ1n) is 5.21. The minimum absolute atomic E-state index is 0.538. The maximum absolute atomic E-state index is 5.29. The predicted octanol–water partition coefficient (Wildman–Crippen LogP) is 1.74. The van der Waals surface area contributed by atoms with Crippen molar-refractivity contribution in [3.05, 3.63) is 23.3 Å². The average molecular weight is 207 g/mol. The normalized spacial score (nSPS) is 19.5. The Morgan fingerprint density at radius 2 is 1.73 bits per heavy atom. The van der Waals surface area contributed by atoms with Crippen molar-refractivity contribution in [1.29, 1.82) is 0 Å². The molecule has 0 bridgehead atoms. The standard InChI is InChI=1S/C12H17NO2/c1-8-4-9-5-11(14-2)12(15-3)6-10(9)7-13-8/h5-6,8,13H,4,7H2,1-3H3/t8-/m0/s1. The van der Waals surface area contributed by atoms with Gasteiger partial charge in [-0.25, -0.2) is 0 Å². The van der Waals surface area contributed by atoms with Crippen molar-refractivity contribution in [2.45, 2.75) is 25.9 Å². The Labute approximate surface area is 90.4 Å². The van der Waals surface area contributed by atoms with Gasteiger partial charge in [0.2, 0.25) is 0 Å². The summed E-state index contributed by atoms with van der Waals surface area (Å²) in [5.74, 6) is 1.64. The molecule has 1 atom stereocenters. The molecule has 0 radical (unpaired) electrons. The Morgan fingerprint density at radius 1 is 1.13 bits per heavy atom. The van der Waals surface area contributed by atoms with Crippen LogP contribution < -0.4 is 14.8 Å². The van der Waals surface area contributed by atoms with Crippen LogP contribution in [0, 0.1) is 0 Å². The van der Waals surface area contributed by atoms with E-state index in [4.69, 9.17) is 9.47 Å². The van der Waals surface area contributed by atoms with Crippen molar-refractivity contribution < 1.29 is 9.47 Å². The highest BCUT2D eigenvalue weighted by atomic mass is 16.5. The first kappa shape index (κ1) is 10.3. The summed E-state index contributed by atoms with van der Waals surface area (Å²) in [6, 6.07) is 4.69. The van der Waals surface area contributed by atoms with E-state index in [0.29, 0.717) is 6.04 Å². The minimum Gasteiger partial charge on any atom is -0.493 e. The van der Waals surface area contributed by atoms with Crippen LogP contribution in [0.5, 0.6) is 11.5 Å². The number of benzene rings is 1. The second-order valence-electron chi connectivity index (χ2n) is 3.96. The van der Waals surface area contributed by atoms with Gasteiger partial charge in [0.25, 0.3) is 0 Å². The number of hydrogen-bond donors (Lipinski definition) is 1. The highest BCUT2D eigenvalue weighted by molar-refractivity contribution is 5.48. The molecular weight excluding hydrogens is 190 g/mol. The van der Waals surface area contributed by atoms with Gasteiger partial charge < -0.3 is 14.8 Å². The van der Waals surface area contributed by atoms with Crippen LogP contribution in [0.25, 0.3) is 0 Å². The summed E-state index contributed by atoms with van der Waals surface area (Å²) >= 11 is 0. The van der Waals surface area contributed by atoms with Crippen LogP contribution in [0.3, 0.4) is 0 Å². The first-order chi connectivity index (χ1) is 7.24. The van der Waals surface area contributed by atoms with Crippen molar-refractivity contribution in [3.8, 4) is 11.5 Å². The van der Waals surface area contributed by atoms with E-state index in [1.807, 2.05) is 0 Å². The van der Waals surface area contributed by atoms with Crippen LogP contribution in [0.4, 0.5) is 0 Å². The molecule has 1 N–H and O–H groups in total. The van der Waals surface area contributed by atoms with Gasteiger partial charge in [-0.2, -0.15) is 0 Å². The summed E-state index contributed by atoms with van der Waals surface area (Å²) in [5, 5.41) is 3.43. The zero-order valence-corrected chi connectivity index (χ0v) is 9.46. The molecule has 0 spiro atoms. The zero-order valence-electron chi connectivity index (χ0n) is 9.46. The summed E-state index contributed by atoms with van der Waals surface area (Å²) in [6.45, 7) is 3.11. The molecule has 1 aromatic rings. The van der Waals surface area contributed by atoms with Gasteiger partial charge in [0.05, 0.1) is 14.2 Å². The Balaban J connectivity index is 2.41. The second-order valence-corrected chi connectivity index (χ2v) is 3.96. The minimum atomic E-state index is 0.538. The van der Waals surface area contributed by atoms with Crippen LogP contribution >= 0.6 is 0 Å². The summed E-state index contributed by atoms with van der Waals surface area (Å²) in [7, 11) is 3.35. The van der Waals surface area contributed by atoms with Crippen LogP contribution in [0.15, 0.2) is 12.1 Å². The molecule has 1 aromatic carbocycles. The number of rotatable bonds is 2. The van der Waals surface area contributed by atoms with Gasteiger partial charge in [0, 0.05) is 12.6 Å². The molecule has 2 rings (SSSR count). The van der Waals surface area contributed by atoms with E-state index in [2.05, 4.69) is 24.4 Å². The molecule has 0 fully saturated rings. The first-order valence-corrected chi connectivity index (χ1v) is 5.21. The molecule has 15 heavy (non-hydrogen) atoms. The van der Waals surface area contributed by atoms with Crippen molar-refractivity contribution in [1.82, 2.24) is 5.32 Å². The van der Waals surface area contributed by atoms with E-state index in [1.165, 1.54) is 11.1 Å². The van der Waals surface area contributed by atoms with Gasteiger partial charge in [-0.15, -0.1) is 0 Å². The molecule has 0 aliphatic carbocycles. The maximum atomic E-state index is 5.29. The maximum Gasteiger partial charge on any atom is 0.161 e. The van der Waals surface area contributed by atoms with Crippen LogP contribution in [-0.2, 0) is 13.0 Å². The molecule has 1 heterocycles. The zero-order chi connectivity index (χ0) is 10.8. The number of fused-ring (bicyclic) bond motifs is 1. The molecule has 1 aliphatic rings. The molecule has 82 valence electrons. The van der Waals surface area contributed by atoms with E-state index in [1.54, 1.807) is 14.2 Å². The van der Waals surface area contributed by atoms with E-state index in [9.17, 15) is 0 Å². The van der Waals surface area contributed by atoms with Crippen LogP contribution in [0.2, 0.25) is 0 Å². The quantitative estimate of drug-likeness (QED) is 0.801. The molecule has 0 unspecified atom stereocenters. The average Bonchev–Trinajstić information content (AvgIpc) is 2.27. The third kappa shape index (κ3) is 1.92. The van der Waals surface area contributed by atoms with Crippen molar-refractivity contribution >= 4 is 0 Å². The van der Waals surface area contributed by atoms with Gasteiger partial charge in [0.1, 0.15) is 0 Å². The summed E-state index contributed by atoms with van der Waals surface area (Å²) in [6.07, 6.45) is 1.05. The fraction of sp³-hybridized carbons (Fsp3) is 0.500. The third-order valence-electron chi connectivity index (χ3n) is 2.87. The number of nitrogens with one attached hydrogen (secondary N) is 1. The lowest BCUT2D eigenvalue weighted by Gasteiger charge is -2.24. The Bertz CT molecular complexity index is 363. The monoisotopic (exact) mass is 207 g/mol. The SMILES string of the molecule is COc1cc2c(cc1OC)C[C@H](C)NC2. The predicted molar refractivity (Wildman–Crippen MR) is 59.6 cm³/mol. The highest BCUT2D eigenvalue weighted by Gasteiger charge is 2.17. The summed E-state index contributed by atoms with van der Waals surface area (Å²) in [5.41, 5.74) is 2.67. The smallest absolute Gasteiger partial charge is 0.161 e. The van der Waals surface area contributed by atoms with Crippen molar-refractivity contribution in [2.24, 2.45) is 0 Å². The van der Waals surface area contributed by atoms with E-state index < -0.39 is 0 Å². The molecule has 1 aliphatic heterocycles. The summed E-state index contributed by atoms with van der Waals surface area (Å²) in [4.78, 5) is 0.